The summed E-state index contributed by atoms with van der Waals surface area (Å²) in [6, 6.07) is 3.97. The first kappa shape index (κ1) is 14.7. The predicted octanol–water partition coefficient (Wildman–Crippen LogP) is 0.924. The maximum absolute atomic E-state index is 12.5. The number of nitrogens with two attached hydrogens (primary N) is 1. The first-order chi connectivity index (χ1) is 9.71. The number of amides is 1. The lowest BCUT2D eigenvalue weighted by atomic mass is 10.2. The van der Waals surface area contributed by atoms with Crippen LogP contribution in [0.4, 0.5) is 5.82 Å². The standard InChI is InChI=1S/C14H23N5O/c1-3-18(4-2)11-7-9-19(10-11)14(20)12-6-5-8-16-13(12)17-15/h5-6,8,11H,3-4,7,9-10,15H2,1-2H3,(H,16,17). The largest absolute Gasteiger partial charge is 0.337 e. The van der Waals surface area contributed by atoms with Crippen LogP contribution in [0.3, 0.4) is 0 Å². The third kappa shape index (κ3) is 2.91. The Kier molecular flexibility index (Phi) is 4.92. The number of carbonyl (C=O) groups excluding carboxylic acids is 1. The van der Waals surface area contributed by atoms with Crippen molar-refractivity contribution in [2.45, 2.75) is 26.3 Å². The Morgan fingerprint density at radius 3 is 2.95 bits per heavy atom. The molecular weight excluding hydrogens is 254 g/mol. The number of hydrazine groups is 1. The number of carbonyl (C=O) groups is 1. The smallest absolute Gasteiger partial charge is 0.257 e. The molecule has 0 aromatic carbocycles. The van der Waals surface area contributed by atoms with Crippen molar-refractivity contribution in [3.8, 4) is 0 Å². The van der Waals surface area contributed by atoms with Crippen LogP contribution in [0.25, 0.3) is 0 Å². The number of anilines is 1. The van der Waals surface area contributed by atoms with Gasteiger partial charge in [-0.2, -0.15) is 0 Å². The molecule has 110 valence electrons. The summed E-state index contributed by atoms with van der Waals surface area (Å²) >= 11 is 0. The molecule has 6 heteroatoms. The number of likely N-dealkylation sites (tertiary alicyclic amines) is 1. The zero-order chi connectivity index (χ0) is 14.5. The van der Waals surface area contributed by atoms with Crippen molar-refractivity contribution >= 4 is 11.7 Å². The van der Waals surface area contributed by atoms with Gasteiger partial charge in [0.05, 0.1) is 5.56 Å². The average Bonchev–Trinajstić information content (AvgIpc) is 2.97. The molecule has 1 aromatic heterocycles. The lowest BCUT2D eigenvalue weighted by molar-refractivity contribution is 0.0778. The highest BCUT2D eigenvalue weighted by Crippen LogP contribution is 2.20. The van der Waals surface area contributed by atoms with Gasteiger partial charge in [0.15, 0.2) is 5.82 Å². The number of likely N-dealkylation sites (N-methyl/N-ethyl adjacent to an activating group) is 1. The normalized spacial score (nSPS) is 18.6. The molecule has 0 bridgehead atoms. The van der Waals surface area contributed by atoms with Gasteiger partial charge in [-0.1, -0.05) is 13.8 Å². The van der Waals surface area contributed by atoms with Crippen LogP contribution >= 0.6 is 0 Å². The molecule has 1 atom stereocenters. The molecule has 1 amide bonds. The highest BCUT2D eigenvalue weighted by Gasteiger charge is 2.30. The summed E-state index contributed by atoms with van der Waals surface area (Å²) in [4.78, 5) is 20.9. The third-order valence-corrected chi connectivity index (χ3v) is 3.95. The van der Waals surface area contributed by atoms with Gasteiger partial charge in [-0.3, -0.25) is 9.69 Å². The number of hydrogen-bond acceptors (Lipinski definition) is 5. The molecule has 6 nitrogen and oxygen atoms in total. The van der Waals surface area contributed by atoms with E-state index in [1.54, 1.807) is 18.3 Å². The number of aromatic nitrogens is 1. The molecule has 1 fully saturated rings. The van der Waals surface area contributed by atoms with E-state index in [-0.39, 0.29) is 5.91 Å². The number of pyridine rings is 1. The monoisotopic (exact) mass is 277 g/mol. The van der Waals surface area contributed by atoms with E-state index in [4.69, 9.17) is 5.84 Å². The molecule has 1 aliphatic heterocycles. The van der Waals surface area contributed by atoms with Crippen molar-refractivity contribution in [2.24, 2.45) is 5.84 Å². The molecule has 0 aliphatic carbocycles. The number of hydrogen-bond donors (Lipinski definition) is 2. The Morgan fingerprint density at radius 1 is 1.55 bits per heavy atom. The number of nitrogens with one attached hydrogen (secondary N) is 1. The van der Waals surface area contributed by atoms with E-state index >= 15 is 0 Å². The minimum Gasteiger partial charge on any atom is -0.337 e. The van der Waals surface area contributed by atoms with Gasteiger partial charge in [0.25, 0.3) is 5.91 Å². The zero-order valence-electron chi connectivity index (χ0n) is 12.2. The van der Waals surface area contributed by atoms with Crippen LogP contribution in [0.15, 0.2) is 18.3 Å². The molecule has 1 unspecified atom stereocenters. The first-order valence-corrected chi connectivity index (χ1v) is 7.16. The minimum atomic E-state index is 0.000654. The molecule has 1 aromatic rings. The van der Waals surface area contributed by atoms with Crippen molar-refractivity contribution in [3.05, 3.63) is 23.9 Å². The fraction of sp³-hybridized carbons (Fsp3) is 0.571. The van der Waals surface area contributed by atoms with Gasteiger partial charge < -0.3 is 10.3 Å². The summed E-state index contributed by atoms with van der Waals surface area (Å²) in [7, 11) is 0. The Morgan fingerprint density at radius 2 is 2.30 bits per heavy atom. The fourth-order valence-electron chi connectivity index (χ4n) is 2.83. The summed E-state index contributed by atoms with van der Waals surface area (Å²) in [5.74, 6) is 5.85. The summed E-state index contributed by atoms with van der Waals surface area (Å²) < 4.78 is 0. The molecule has 0 spiro atoms. The summed E-state index contributed by atoms with van der Waals surface area (Å²) in [6.07, 6.45) is 2.65. The number of rotatable bonds is 5. The van der Waals surface area contributed by atoms with Crippen LogP contribution in [0.2, 0.25) is 0 Å². The summed E-state index contributed by atoms with van der Waals surface area (Å²) in [6.45, 7) is 7.92. The molecule has 20 heavy (non-hydrogen) atoms. The lowest BCUT2D eigenvalue weighted by Crippen LogP contribution is -2.38. The second-order valence-corrected chi connectivity index (χ2v) is 4.96. The van der Waals surface area contributed by atoms with Crippen molar-refractivity contribution in [3.63, 3.8) is 0 Å². The van der Waals surface area contributed by atoms with E-state index in [2.05, 4.69) is 29.2 Å². The first-order valence-electron chi connectivity index (χ1n) is 7.16. The van der Waals surface area contributed by atoms with E-state index < -0.39 is 0 Å². The van der Waals surface area contributed by atoms with E-state index in [1.807, 2.05) is 4.90 Å². The van der Waals surface area contributed by atoms with Crippen LogP contribution in [0, 0.1) is 0 Å². The van der Waals surface area contributed by atoms with Crippen molar-refractivity contribution in [1.29, 1.82) is 0 Å². The molecule has 2 heterocycles. The van der Waals surface area contributed by atoms with Gasteiger partial charge in [-0.15, -0.1) is 0 Å². The Labute approximate surface area is 119 Å². The van der Waals surface area contributed by atoms with Crippen molar-refractivity contribution in [1.82, 2.24) is 14.8 Å². The number of nitrogen functional groups attached to an aromatic ring is 1. The number of nitrogens with zero attached hydrogens (tertiary/aromatic N) is 3. The average molecular weight is 277 g/mol. The fourth-order valence-corrected chi connectivity index (χ4v) is 2.83. The van der Waals surface area contributed by atoms with Crippen molar-refractivity contribution in [2.75, 3.05) is 31.6 Å². The lowest BCUT2D eigenvalue weighted by Gasteiger charge is -2.26. The van der Waals surface area contributed by atoms with Gasteiger partial charge in [0.2, 0.25) is 0 Å². The molecule has 1 saturated heterocycles. The second kappa shape index (κ2) is 6.67. The maximum atomic E-state index is 12.5. The Bertz CT molecular complexity index is 461. The van der Waals surface area contributed by atoms with Gasteiger partial charge in [0.1, 0.15) is 0 Å². The maximum Gasteiger partial charge on any atom is 0.257 e. The predicted molar refractivity (Wildman–Crippen MR) is 79.3 cm³/mol. The summed E-state index contributed by atoms with van der Waals surface area (Å²) in [5, 5.41) is 0. The van der Waals surface area contributed by atoms with E-state index in [0.717, 1.165) is 32.6 Å². The van der Waals surface area contributed by atoms with Crippen LogP contribution in [-0.2, 0) is 0 Å². The molecular formula is C14H23N5O. The highest BCUT2D eigenvalue weighted by atomic mass is 16.2. The quantitative estimate of drug-likeness (QED) is 0.618. The SMILES string of the molecule is CCN(CC)C1CCN(C(=O)c2cccnc2NN)C1. The highest BCUT2D eigenvalue weighted by molar-refractivity contribution is 5.98. The van der Waals surface area contributed by atoms with Gasteiger partial charge in [-0.05, 0) is 31.6 Å². The topological polar surface area (TPSA) is 74.5 Å². The van der Waals surface area contributed by atoms with Gasteiger partial charge >= 0.3 is 0 Å². The second-order valence-electron chi connectivity index (χ2n) is 4.96. The van der Waals surface area contributed by atoms with Crippen LogP contribution in [0.5, 0.6) is 0 Å². The molecule has 0 radical (unpaired) electrons. The Hall–Kier alpha value is -1.66. The van der Waals surface area contributed by atoms with Crippen molar-refractivity contribution < 1.29 is 4.79 Å². The van der Waals surface area contributed by atoms with Crippen LogP contribution in [0.1, 0.15) is 30.6 Å². The molecule has 0 saturated carbocycles. The third-order valence-electron chi connectivity index (χ3n) is 3.95. The van der Waals surface area contributed by atoms with Crippen LogP contribution in [-0.4, -0.2) is 52.9 Å². The van der Waals surface area contributed by atoms with Gasteiger partial charge in [0, 0.05) is 25.3 Å². The molecule has 2 rings (SSSR count). The molecule has 3 N–H and O–H groups in total. The van der Waals surface area contributed by atoms with E-state index in [0.29, 0.717) is 17.4 Å². The summed E-state index contributed by atoms with van der Waals surface area (Å²) in [5.41, 5.74) is 3.02. The van der Waals surface area contributed by atoms with E-state index in [1.165, 1.54) is 0 Å². The van der Waals surface area contributed by atoms with Crippen LogP contribution < -0.4 is 11.3 Å². The van der Waals surface area contributed by atoms with E-state index in [9.17, 15) is 4.79 Å². The zero-order valence-corrected chi connectivity index (χ0v) is 12.2. The minimum absolute atomic E-state index is 0.000654. The molecule has 1 aliphatic rings. The Balaban J connectivity index is 2.08. The van der Waals surface area contributed by atoms with Gasteiger partial charge in [-0.25, -0.2) is 10.8 Å².